The first-order valence-corrected chi connectivity index (χ1v) is 10.8. The van der Waals surface area contributed by atoms with Crippen LogP contribution in [0.3, 0.4) is 0 Å². The first-order chi connectivity index (χ1) is 12.7. The van der Waals surface area contributed by atoms with E-state index in [2.05, 4.69) is 24.3 Å². The van der Waals surface area contributed by atoms with Crippen LogP contribution >= 0.6 is 23.4 Å². The van der Waals surface area contributed by atoms with Crippen molar-refractivity contribution in [2.45, 2.75) is 47.2 Å². The second-order valence-corrected chi connectivity index (χ2v) is 9.02. The summed E-state index contributed by atoms with van der Waals surface area (Å²) in [6.07, 6.45) is 3.19. The van der Waals surface area contributed by atoms with E-state index in [9.17, 15) is 9.59 Å². The lowest BCUT2D eigenvalue weighted by Gasteiger charge is -2.22. The molecule has 1 unspecified atom stereocenters. The lowest BCUT2D eigenvalue weighted by atomic mass is 10.2. The van der Waals surface area contributed by atoms with Crippen molar-refractivity contribution in [3.63, 3.8) is 0 Å². The van der Waals surface area contributed by atoms with Gasteiger partial charge in [0.25, 0.3) is 0 Å². The van der Waals surface area contributed by atoms with Crippen LogP contribution in [0.25, 0.3) is 6.08 Å². The van der Waals surface area contributed by atoms with Crippen LogP contribution in [0.1, 0.15) is 39.0 Å². The molecule has 1 aromatic rings. The molecule has 1 fully saturated rings. The van der Waals surface area contributed by atoms with Crippen molar-refractivity contribution < 1.29 is 9.59 Å². The van der Waals surface area contributed by atoms with Crippen LogP contribution in [-0.2, 0) is 16.1 Å². The van der Waals surface area contributed by atoms with Gasteiger partial charge in [-0.3, -0.25) is 14.3 Å². The molecule has 1 N–H and O–H groups in total. The van der Waals surface area contributed by atoms with Gasteiger partial charge in [0.2, 0.25) is 11.8 Å². The van der Waals surface area contributed by atoms with Crippen molar-refractivity contribution in [1.29, 1.82) is 0 Å². The third-order valence-electron chi connectivity index (χ3n) is 4.19. The molecule has 0 aromatic carbocycles. The first-order valence-electron chi connectivity index (χ1n) is 9.27. The minimum Gasteiger partial charge on any atom is -0.354 e. The number of hydrogen-bond acceptors (Lipinski definition) is 4. The van der Waals surface area contributed by atoms with Crippen molar-refractivity contribution in [3.05, 3.63) is 22.5 Å². The zero-order chi connectivity index (χ0) is 20.1. The molecule has 1 aliphatic heterocycles. The van der Waals surface area contributed by atoms with Crippen molar-refractivity contribution in [1.82, 2.24) is 20.0 Å². The molecule has 1 aromatic heterocycles. The Morgan fingerprint density at radius 1 is 1.33 bits per heavy atom. The number of amides is 2. The molecule has 6 nitrogen and oxygen atoms in total. The van der Waals surface area contributed by atoms with Gasteiger partial charge in [-0.05, 0) is 24.8 Å². The van der Waals surface area contributed by atoms with Crippen LogP contribution in [0.5, 0.6) is 0 Å². The molecule has 0 spiro atoms. The number of aromatic nitrogens is 2. The van der Waals surface area contributed by atoms with Crippen LogP contribution in [0.2, 0.25) is 5.15 Å². The fraction of sp³-hybridized carbons (Fsp3) is 0.632. The minimum atomic E-state index is -0.425. The van der Waals surface area contributed by atoms with Crippen molar-refractivity contribution in [3.8, 4) is 0 Å². The number of nitrogens with zero attached hydrogens (tertiary/aromatic N) is 3. The third kappa shape index (κ3) is 5.75. The molecule has 27 heavy (non-hydrogen) atoms. The van der Waals surface area contributed by atoms with Crippen LogP contribution in [0.15, 0.2) is 6.08 Å². The number of halogens is 1. The summed E-state index contributed by atoms with van der Waals surface area (Å²) in [6, 6.07) is -0.425. The standard InChI is InChI=1S/C19H29ClN4O2S/c1-12(2)8-21-19(26)16-10-27-11-23(16)17(25)7-6-15-14(5)22-24(18(15)20)9-13(3)4/h6-7,12-13,16H,8-11H2,1-5H3,(H,21,26)/b7-6+. The SMILES string of the molecule is Cc1nn(CC(C)C)c(Cl)c1/C=C/C(=O)N1CSCC1C(=O)NCC(C)C. The smallest absolute Gasteiger partial charge is 0.247 e. The summed E-state index contributed by atoms with van der Waals surface area (Å²) in [5.74, 6) is 1.66. The molecule has 0 saturated carbocycles. The Kier molecular flexibility index (Phi) is 7.79. The zero-order valence-electron chi connectivity index (χ0n) is 16.7. The highest BCUT2D eigenvalue weighted by molar-refractivity contribution is 7.99. The number of aryl methyl sites for hydroxylation is 1. The summed E-state index contributed by atoms with van der Waals surface area (Å²) in [5, 5.41) is 7.90. The van der Waals surface area contributed by atoms with Crippen LogP contribution in [0, 0.1) is 18.8 Å². The Hall–Kier alpha value is -1.47. The quantitative estimate of drug-likeness (QED) is 0.698. The molecule has 0 bridgehead atoms. The van der Waals surface area contributed by atoms with Gasteiger partial charge in [0.05, 0.1) is 11.6 Å². The van der Waals surface area contributed by atoms with Gasteiger partial charge in [-0.25, -0.2) is 0 Å². The number of carbonyl (C=O) groups excluding carboxylic acids is 2. The van der Waals surface area contributed by atoms with Gasteiger partial charge in [-0.15, -0.1) is 11.8 Å². The Bertz CT molecular complexity index is 715. The predicted molar refractivity (Wildman–Crippen MR) is 112 cm³/mol. The Balaban J connectivity index is 2.07. The summed E-state index contributed by atoms with van der Waals surface area (Å²) < 4.78 is 1.76. The lowest BCUT2D eigenvalue weighted by Crippen LogP contribution is -2.47. The van der Waals surface area contributed by atoms with Crippen LogP contribution in [-0.4, -0.2) is 50.7 Å². The Morgan fingerprint density at radius 3 is 2.67 bits per heavy atom. The second kappa shape index (κ2) is 9.64. The van der Waals surface area contributed by atoms with Crippen LogP contribution < -0.4 is 5.32 Å². The van der Waals surface area contributed by atoms with Crippen molar-refractivity contribution >= 4 is 41.3 Å². The molecule has 1 atom stereocenters. The lowest BCUT2D eigenvalue weighted by molar-refractivity contribution is -0.134. The van der Waals surface area contributed by atoms with E-state index in [0.29, 0.717) is 35.2 Å². The average molecular weight is 413 g/mol. The van der Waals surface area contributed by atoms with E-state index in [4.69, 9.17) is 11.6 Å². The molecule has 0 radical (unpaired) electrons. The molecule has 2 heterocycles. The van der Waals surface area contributed by atoms with E-state index in [-0.39, 0.29) is 11.8 Å². The van der Waals surface area contributed by atoms with Crippen molar-refractivity contribution in [2.75, 3.05) is 18.2 Å². The molecule has 150 valence electrons. The largest absolute Gasteiger partial charge is 0.354 e. The fourth-order valence-corrected chi connectivity index (χ4v) is 4.24. The number of carbonyl (C=O) groups is 2. The minimum absolute atomic E-state index is 0.0885. The highest BCUT2D eigenvalue weighted by Gasteiger charge is 2.33. The molecule has 1 aliphatic rings. The second-order valence-electron chi connectivity index (χ2n) is 7.66. The molecular weight excluding hydrogens is 384 g/mol. The predicted octanol–water partition coefficient (Wildman–Crippen LogP) is 3.19. The van der Waals surface area contributed by atoms with E-state index in [1.54, 1.807) is 27.4 Å². The highest BCUT2D eigenvalue weighted by Crippen LogP contribution is 2.24. The van der Waals surface area contributed by atoms with E-state index >= 15 is 0 Å². The van der Waals surface area contributed by atoms with E-state index in [1.807, 2.05) is 20.8 Å². The molecule has 2 amide bonds. The summed E-state index contributed by atoms with van der Waals surface area (Å²) in [7, 11) is 0. The molecule has 8 heteroatoms. The summed E-state index contributed by atoms with van der Waals surface area (Å²) in [5.41, 5.74) is 1.53. The summed E-state index contributed by atoms with van der Waals surface area (Å²) >= 11 is 8.01. The van der Waals surface area contributed by atoms with Gasteiger partial charge in [-0.2, -0.15) is 5.10 Å². The molecule has 1 saturated heterocycles. The van der Waals surface area contributed by atoms with Crippen molar-refractivity contribution in [2.24, 2.45) is 11.8 Å². The van der Waals surface area contributed by atoms with E-state index < -0.39 is 6.04 Å². The molecule has 0 aliphatic carbocycles. The Labute approximate surface area is 170 Å². The normalized spacial score (nSPS) is 17.5. The maximum Gasteiger partial charge on any atom is 0.247 e. The summed E-state index contributed by atoms with van der Waals surface area (Å²) in [4.78, 5) is 26.6. The van der Waals surface area contributed by atoms with E-state index in [1.165, 1.54) is 6.08 Å². The first kappa shape index (κ1) is 21.8. The van der Waals surface area contributed by atoms with Gasteiger partial charge in [0.1, 0.15) is 11.2 Å². The van der Waals surface area contributed by atoms with Crippen LogP contribution in [0.4, 0.5) is 0 Å². The Morgan fingerprint density at radius 2 is 2.04 bits per heavy atom. The van der Waals surface area contributed by atoms with E-state index in [0.717, 1.165) is 17.8 Å². The van der Waals surface area contributed by atoms with Gasteiger partial charge < -0.3 is 10.2 Å². The van der Waals surface area contributed by atoms with Gasteiger partial charge in [0, 0.05) is 30.5 Å². The number of rotatable bonds is 7. The third-order valence-corrected chi connectivity index (χ3v) is 5.60. The maximum atomic E-state index is 12.7. The monoisotopic (exact) mass is 412 g/mol. The zero-order valence-corrected chi connectivity index (χ0v) is 18.2. The fourth-order valence-electron chi connectivity index (χ4n) is 2.77. The molecule has 2 rings (SSSR count). The van der Waals surface area contributed by atoms with Gasteiger partial charge >= 0.3 is 0 Å². The van der Waals surface area contributed by atoms with Gasteiger partial charge in [0.15, 0.2) is 0 Å². The highest BCUT2D eigenvalue weighted by atomic mass is 35.5. The molecular formula is C19H29ClN4O2S. The maximum absolute atomic E-state index is 12.7. The average Bonchev–Trinajstić information content (AvgIpc) is 3.16. The topological polar surface area (TPSA) is 67.2 Å². The number of hydrogen-bond donors (Lipinski definition) is 1. The van der Waals surface area contributed by atoms with Gasteiger partial charge in [-0.1, -0.05) is 39.3 Å². The number of thioether (sulfide) groups is 1. The number of nitrogens with one attached hydrogen (secondary N) is 1. The summed E-state index contributed by atoms with van der Waals surface area (Å²) in [6.45, 7) is 11.5.